The molecule has 1 amide bonds. The first-order valence-corrected chi connectivity index (χ1v) is 7.67. The van der Waals surface area contributed by atoms with Crippen molar-refractivity contribution in [2.75, 3.05) is 6.54 Å². The van der Waals surface area contributed by atoms with Gasteiger partial charge in [0.25, 0.3) is 5.91 Å². The topological polar surface area (TPSA) is 29.1 Å². The second kappa shape index (κ2) is 7.36. The first-order chi connectivity index (χ1) is 8.00. The quantitative estimate of drug-likeness (QED) is 0.581. The van der Waals surface area contributed by atoms with E-state index in [1.807, 2.05) is 24.3 Å². The third-order valence-electron chi connectivity index (χ3n) is 2.33. The van der Waals surface area contributed by atoms with Crippen molar-refractivity contribution in [2.24, 2.45) is 5.92 Å². The Hall–Kier alpha value is -0.100. The second-order valence-corrected chi connectivity index (χ2v) is 6.87. The summed E-state index contributed by atoms with van der Waals surface area (Å²) in [5.41, 5.74) is 0.748. The zero-order chi connectivity index (χ0) is 12.8. The van der Waals surface area contributed by atoms with Gasteiger partial charge in [0, 0.05) is 14.9 Å². The van der Waals surface area contributed by atoms with Crippen LogP contribution in [0.1, 0.15) is 30.6 Å². The van der Waals surface area contributed by atoms with E-state index in [0.29, 0.717) is 17.3 Å². The molecule has 0 aliphatic heterocycles. The molecule has 0 saturated carbocycles. The molecule has 4 heteroatoms. The fourth-order valence-electron chi connectivity index (χ4n) is 1.54. The minimum absolute atomic E-state index is 0.00297. The van der Waals surface area contributed by atoms with Crippen LogP contribution in [0.25, 0.3) is 0 Å². The number of amides is 1. The Bertz CT molecular complexity index is 381. The van der Waals surface area contributed by atoms with Crippen molar-refractivity contribution in [3.63, 3.8) is 0 Å². The van der Waals surface area contributed by atoms with E-state index in [9.17, 15) is 4.79 Å². The summed E-state index contributed by atoms with van der Waals surface area (Å²) in [5.74, 6) is 0.636. The molecule has 1 unspecified atom stereocenters. The fourth-order valence-corrected chi connectivity index (χ4v) is 3.08. The lowest BCUT2D eigenvalue weighted by molar-refractivity contribution is 0.0952. The molecule has 0 heterocycles. The molecule has 1 aromatic rings. The van der Waals surface area contributed by atoms with Crippen molar-refractivity contribution in [3.8, 4) is 0 Å². The molecule has 1 N–H and O–H groups in total. The number of hydrogen-bond acceptors (Lipinski definition) is 1. The van der Waals surface area contributed by atoms with E-state index >= 15 is 0 Å². The first kappa shape index (κ1) is 15.0. The van der Waals surface area contributed by atoms with Crippen molar-refractivity contribution < 1.29 is 4.79 Å². The van der Waals surface area contributed by atoms with Crippen LogP contribution < -0.4 is 5.32 Å². The van der Waals surface area contributed by atoms with Crippen molar-refractivity contribution in [3.05, 3.63) is 33.4 Å². The number of nitrogens with one attached hydrogen (secondary N) is 1. The van der Waals surface area contributed by atoms with Crippen LogP contribution in [0, 0.1) is 9.49 Å². The lowest BCUT2D eigenvalue weighted by Gasteiger charge is -2.13. The first-order valence-electron chi connectivity index (χ1n) is 5.67. The third kappa shape index (κ3) is 5.38. The molecular formula is C13H17BrINO. The Labute approximate surface area is 125 Å². The van der Waals surface area contributed by atoms with Gasteiger partial charge in [-0.2, -0.15) is 0 Å². The Morgan fingerprint density at radius 1 is 1.41 bits per heavy atom. The molecule has 0 aromatic heterocycles. The molecule has 0 spiro atoms. The number of carbonyl (C=O) groups is 1. The zero-order valence-corrected chi connectivity index (χ0v) is 13.8. The lowest BCUT2D eigenvalue weighted by atomic mass is 10.1. The molecule has 1 atom stereocenters. The third-order valence-corrected chi connectivity index (χ3v) is 3.97. The maximum absolute atomic E-state index is 11.9. The highest BCUT2D eigenvalue weighted by atomic mass is 127. The van der Waals surface area contributed by atoms with E-state index in [1.165, 1.54) is 0 Å². The Morgan fingerprint density at radius 3 is 2.65 bits per heavy atom. The zero-order valence-electron chi connectivity index (χ0n) is 10.0. The summed E-state index contributed by atoms with van der Waals surface area (Å²) in [5, 5.41) is 2.95. The van der Waals surface area contributed by atoms with E-state index in [1.54, 1.807) is 0 Å². The van der Waals surface area contributed by atoms with Gasteiger partial charge < -0.3 is 5.32 Å². The summed E-state index contributed by atoms with van der Waals surface area (Å²) in [4.78, 5) is 12.3. The minimum Gasteiger partial charge on any atom is -0.351 e. The van der Waals surface area contributed by atoms with Crippen LogP contribution in [0.15, 0.2) is 24.3 Å². The molecule has 0 bridgehead atoms. The summed E-state index contributed by atoms with van der Waals surface area (Å²) >= 11 is 5.76. The van der Waals surface area contributed by atoms with Crippen LogP contribution in [0.4, 0.5) is 0 Å². The van der Waals surface area contributed by atoms with E-state index in [-0.39, 0.29) is 5.91 Å². The number of benzene rings is 1. The molecule has 94 valence electrons. The molecule has 2 nitrogen and oxygen atoms in total. The molecule has 0 fully saturated rings. The van der Waals surface area contributed by atoms with Crippen molar-refractivity contribution in [1.29, 1.82) is 0 Å². The van der Waals surface area contributed by atoms with Crippen LogP contribution in [0.5, 0.6) is 0 Å². The van der Waals surface area contributed by atoms with Gasteiger partial charge in [-0.15, -0.1) is 0 Å². The maximum atomic E-state index is 11.9. The number of carbonyl (C=O) groups excluding carboxylic acids is 1. The highest BCUT2D eigenvalue weighted by Gasteiger charge is 2.11. The van der Waals surface area contributed by atoms with Gasteiger partial charge in [-0.1, -0.05) is 41.9 Å². The second-order valence-electron chi connectivity index (χ2n) is 4.42. The number of alkyl halides is 1. The molecule has 1 rings (SSSR count). The van der Waals surface area contributed by atoms with Gasteiger partial charge in [0.15, 0.2) is 0 Å². The van der Waals surface area contributed by atoms with E-state index in [4.69, 9.17) is 0 Å². The van der Waals surface area contributed by atoms with E-state index < -0.39 is 0 Å². The summed E-state index contributed by atoms with van der Waals surface area (Å²) < 4.78 is 0.984. The van der Waals surface area contributed by atoms with Crippen LogP contribution in [-0.4, -0.2) is 17.3 Å². The highest BCUT2D eigenvalue weighted by molar-refractivity contribution is 14.1. The van der Waals surface area contributed by atoms with Crippen LogP contribution >= 0.6 is 38.5 Å². The van der Waals surface area contributed by atoms with Crippen molar-refractivity contribution in [2.45, 2.75) is 25.1 Å². The fraction of sp³-hybridized carbons (Fsp3) is 0.462. The number of halogens is 2. The predicted octanol–water partition coefficient (Wildman–Crippen LogP) is 3.83. The normalized spacial score (nSPS) is 12.5. The smallest absolute Gasteiger partial charge is 0.252 e. The SMILES string of the molecule is CC(C)CC(Br)CNC(=O)c1ccccc1I. The molecule has 0 aliphatic rings. The van der Waals surface area contributed by atoms with Gasteiger partial charge >= 0.3 is 0 Å². The molecule has 0 saturated heterocycles. The average Bonchev–Trinajstić information content (AvgIpc) is 2.25. The highest BCUT2D eigenvalue weighted by Crippen LogP contribution is 2.13. The average molecular weight is 410 g/mol. The molecular weight excluding hydrogens is 393 g/mol. The largest absolute Gasteiger partial charge is 0.351 e. The molecule has 1 aromatic carbocycles. The predicted molar refractivity (Wildman–Crippen MR) is 83.7 cm³/mol. The number of rotatable bonds is 5. The van der Waals surface area contributed by atoms with Gasteiger partial charge in [-0.25, -0.2) is 0 Å². The van der Waals surface area contributed by atoms with Gasteiger partial charge in [-0.3, -0.25) is 4.79 Å². The van der Waals surface area contributed by atoms with E-state index in [0.717, 1.165) is 15.6 Å². The summed E-state index contributed by atoms with van der Waals surface area (Å²) in [6.07, 6.45) is 1.06. The van der Waals surface area contributed by atoms with Crippen LogP contribution in [0.3, 0.4) is 0 Å². The summed E-state index contributed by atoms with van der Waals surface area (Å²) in [6.45, 7) is 5.02. The van der Waals surface area contributed by atoms with Gasteiger partial charge in [0.2, 0.25) is 0 Å². The Balaban J connectivity index is 2.48. The standard InChI is InChI=1S/C13H17BrINO/c1-9(2)7-10(14)8-16-13(17)11-5-3-4-6-12(11)15/h3-6,9-10H,7-8H2,1-2H3,(H,16,17). The lowest BCUT2D eigenvalue weighted by Crippen LogP contribution is -2.30. The Morgan fingerprint density at radius 2 is 2.06 bits per heavy atom. The number of hydrogen-bond donors (Lipinski definition) is 1. The summed E-state index contributed by atoms with van der Waals surface area (Å²) in [7, 11) is 0. The molecule has 17 heavy (non-hydrogen) atoms. The minimum atomic E-state index is 0.00297. The van der Waals surface area contributed by atoms with Gasteiger partial charge in [0.05, 0.1) is 5.56 Å². The molecule has 0 radical (unpaired) electrons. The Kier molecular flexibility index (Phi) is 6.48. The van der Waals surface area contributed by atoms with Crippen molar-refractivity contribution >= 4 is 44.4 Å². The van der Waals surface area contributed by atoms with E-state index in [2.05, 4.69) is 57.7 Å². The van der Waals surface area contributed by atoms with Gasteiger partial charge in [-0.05, 0) is 47.1 Å². The van der Waals surface area contributed by atoms with Gasteiger partial charge in [0.1, 0.15) is 0 Å². The monoisotopic (exact) mass is 409 g/mol. The van der Waals surface area contributed by atoms with Crippen LogP contribution in [-0.2, 0) is 0 Å². The summed E-state index contributed by atoms with van der Waals surface area (Å²) in [6, 6.07) is 7.61. The molecule has 0 aliphatic carbocycles. The maximum Gasteiger partial charge on any atom is 0.252 e. The van der Waals surface area contributed by atoms with Crippen LogP contribution in [0.2, 0.25) is 0 Å². The van der Waals surface area contributed by atoms with Crippen molar-refractivity contribution in [1.82, 2.24) is 5.32 Å².